The van der Waals surface area contributed by atoms with Gasteiger partial charge in [-0.1, -0.05) is 0 Å². The average Bonchev–Trinajstić information content (AvgIpc) is 2.07. The van der Waals surface area contributed by atoms with E-state index >= 15 is 0 Å². The fourth-order valence-corrected chi connectivity index (χ4v) is 2.78. The third-order valence-corrected chi connectivity index (χ3v) is 3.48. The number of piperazine rings is 1. The molecule has 1 rings (SSSR count). The molecule has 0 aliphatic carbocycles. The van der Waals surface area contributed by atoms with Crippen molar-refractivity contribution in [2.75, 3.05) is 20.1 Å². The Morgan fingerprint density at radius 2 is 2.06 bits per heavy atom. The van der Waals surface area contributed by atoms with Gasteiger partial charge in [0.1, 0.15) is 0 Å². The summed E-state index contributed by atoms with van der Waals surface area (Å²) in [6.45, 7) is 10.5. The number of rotatable bonds is 3. The molecule has 1 aliphatic rings. The second-order valence-electron chi connectivity index (χ2n) is 5.73. The van der Waals surface area contributed by atoms with Crippen molar-refractivity contribution in [3.63, 3.8) is 0 Å². The maximum absolute atomic E-state index is 10.8. The Hall–Kier alpha value is -0.610. The Labute approximate surface area is 98.2 Å². The first kappa shape index (κ1) is 13.5. The van der Waals surface area contributed by atoms with Crippen LogP contribution in [0.15, 0.2) is 0 Å². The molecule has 0 aromatic carbocycles. The summed E-state index contributed by atoms with van der Waals surface area (Å²) in [4.78, 5) is 15.4. The zero-order chi connectivity index (χ0) is 12.5. The third kappa shape index (κ3) is 2.95. The predicted molar refractivity (Wildman–Crippen MR) is 64.6 cm³/mol. The van der Waals surface area contributed by atoms with Crippen LogP contribution in [-0.2, 0) is 4.79 Å². The van der Waals surface area contributed by atoms with Gasteiger partial charge >= 0.3 is 5.97 Å². The molecule has 1 atom stereocenters. The van der Waals surface area contributed by atoms with E-state index in [4.69, 9.17) is 5.11 Å². The van der Waals surface area contributed by atoms with Crippen LogP contribution >= 0.6 is 0 Å². The lowest BCUT2D eigenvalue weighted by Gasteiger charge is -2.51. The van der Waals surface area contributed by atoms with Gasteiger partial charge in [-0.3, -0.25) is 14.6 Å². The molecule has 94 valence electrons. The molecular weight excluding hydrogens is 204 g/mol. The standard InChI is InChI=1S/C12H24N2O2/c1-9(2)14-7-10(6-11(15)16)13(5)8-12(14,3)4/h9-10H,6-8H2,1-5H3,(H,15,16). The van der Waals surface area contributed by atoms with Crippen molar-refractivity contribution in [2.45, 2.75) is 51.7 Å². The van der Waals surface area contributed by atoms with Gasteiger partial charge < -0.3 is 5.11 Å². The summed E-state index contributed by atoms with van der Waals surface area (Å²) in [5.41, 5.74) is 0.123. The van der Waals surface area contributed by atoms with Crippen molar-refractivity contribution in [2.24, 2.45) is 0 Å². The van der Waals surface area contributed by atoms with Crippen LogP contribution in [-0.4, -0.2) is 58.6 Å². The molecule has 0 aromatic rings. The van der Waals surface area contributed by atoms with Gasteiger partial charge in [0.25, 0.3) is 0 Å². The molecule has 0 bridgehead atoms. The van der Waals surface area contributed by atoms with Gasteiger partial charge in [0, 0.05) is 30.7 Å². The zero-order valence-corrected chi connectivity index (χ0v) is 11.0. The Bertz CT molecular complexity index is 264. The molecule has 0 spiro atoms. The van der Waals surface area contributed by atoms with E-state index in [1.807, 2.05) is 7.05 Å². The van der Waals surface area contributed by atoms with Gasteiger partial charge in [-0.05, 0) is 34.7 Å². The number of nitrogens with zero attached hydrogens (tertiary/aromatic N) is 2. The van der Waals surface area contributed by atoms with Crippen LogP contribution < -0.4 is 0 Å². The number of carboxylic acid groups (broad SMARTS) is 1. The molecule has 1 fully saturated rings. The molecule has 1 saturated heterocycles. The van der Waals surface area contributed by atoms with E-state index in [-0.39, 0.29) is 18.0 Å². The smallest absolute Gasteiger partial charge is 0.304 e. The minimum atomic E-state index is -0.708. The number of carbonyl (C=O) groups is 1. The van der Waals surface area contributed by atoms with Crippen LogP contribution in [0.4, 0.5) is 0 Å². The van der Waals surface area contributed by atoms with E-state index in [1.165, 1.54) is 0 Å². The Morgan fingerprint density at radius 1 is 1.50 bits per heavy atom. The molecule has 4 heteroatoms. The van der Waals surface area contributed by atoms with E-state index in [9.17, 15) is 4.79 Å². The van der Waals surface area contributed by atoms with Crippen molar-refractivity contribution >= 4 is 5.97 Å². The molecule has 1 aliphatic heterocycles. The minimum absolute atomic E-state index is 0.123. The highest BCUT2D eigenvalue weighted by Gasteiger charge is 2.38. The lowest BCUT2D eigenvalue weighted by Crippen LogP contribution is -2.64. The summed E-state index contributed by atoms with van der Waals surface area (Å²) in [5.74, 6) is -0.708. The number of hydrogen-bond donors (Lipinski definition) is 1. The normalized spacial score (nSPS) is 27.2. The van der Waals surface area contributed by atoms with Crippen LogP contribution in [0.3, 0.4) is 0 Å². The third-order valence-electron chi connectivity index (χ3n) is 3.48. The molecule has 0 aromatic heterocycles. The average molecular weight is 228 g/mol. The van der Waals surface area contributed by atoms with Crippen LogP contribution in [0.1, 0.15) is 34.1 Å². The van der Waals surface area contributed by atoms with Gasteiger partial charge in [-0.25, -0.2) is 0 Å². The first-order chi connectivity index (χ1) is 7.24. The van der Waals surface area contributed by atoms with Crippen molar-refractivity contribution in [1.82, 2.24) is 9.80 Å². The molecule has 0 radical (unpaired) electrons. The van der Waals surface area contributed by atoms with Crippen LogP contribution in [0.5, 0.6) is 0 Å². The summed E-state index contributed by atoms with van der Waals surface area (Å²) < 4.78 is 0. The van der Waals surface area contributed by atoms with Gasteiger partial charge in [-0.15, -0.1) is 0 Å². The number of carboxylic acids is 1. The number of likely N-dealkylation sites (N-methyl/N-ethyl adjacent to an activating group) is 1. The number of hydrogen-bond acceptors (Lipinski definition) is 3. The molecular formula is C12H24N2O2. The quantitative estimate of drug-likeness (QED) is 0.790. The van der Waals surface area contributed by atoms with Gasteiger partial charge in [0.15, 0.2) is 0 Å². The fraction of sp³-hybridized carbons (Fsp3) is 0.917. The van der Waals surface area contributed by atoms with E-state index < -0.39 is 5.97 Å². The summed E-state index contributed by atoms with van der Waals surface area (Å²) >= 11 is 0. The SMILES string of the molecule is CC(C)N1CC(CC(=O)O)N(C)CC1(C)C. The fourth-order valence-electron chi connectivity index (χ4n) is 2.78. The molecule has 1 unspecified atom stereocenters. The minimum Gasteiger partial charge on any atom is -0.481 e. The maximum Gasteiger partial charge on any atom is 0.304 e. The van der Waals surface area contributed by atoms with Gasteiger partial charge in [-0.2, -0.15) is 0 Å². The van der Waals surface area contributed by atoms with E-state index in [1.54, 1.807) is 0 Å². The van der Waals surface area contributed by atoms with Gasteiger partial charge in [0.2, 0.25) is 0 Å². The second-order valence-corrected chi connectivity index (χ2v) is 5.73. The summed E-state index contributed by atoms with van der Waals surface area (Å²) in [7, 11) is 2.02. The molecule has 16 heavy (non-hydrogen) atoms. The summed E-state index contributed by atoms with van der Waals surface area (Å²) in [6, 6.07) is 0.591. The van der Waals surface area contributed by atoms with Crippen LogP contribution in [0.25, 0.3) is 0 Å². The monoisotopic (exact) mass is 228 g/mol. The molecule has 1 heterocycles. The molecule has 1 N–H and O–H groups in total. The molecule has 4 nitrogen and oxygen atoms in total. The van der Waals surface area contributed by atoms with Gasteiger partial charge in [0.05, 0.1) is 6.42 Å². The first-order valence-electron chi connectivity index (χ1n) is 5.93. The van der Waals surface area contributed by atoms with Crippen LogP contribution in [0, 0.1) is 0 Å². The lowest BCUT2D eigenvalue weighted by atomic mass is 9.93. The van der Waals surface area contributed by atoms with E-state index in [0.29, 0.717) is 6.04 Å². The largest absolute Gasteiger partial charge is 0.481 e. The highest BCUT2D eigenvalue weighted by atomic mass is 16.4. The van der Waals surface area contributed by atoms with E-state index in [0.717, 1.165) is 13.1 Å². The topological polar surface area (TPSA) is 43.8 Å². The van der Waals surface area contributed by atoms with Crippen LogP contribution in [0.2, 0.25) is 0 Å². The summed E-state index contributed by atoms with van der Waals surface area (Å²) in [6.07, 6.45) is 0.232. The number of aliphatic carboxylic acids is 1. The lowest BCUT2D eigenvalue weighted by molar-refractivity contribution is -0.140. The van der Waals surface area contributed by atoms with Crippen molar-refractivity contribution in [3.8, 4) is 0 Å². The van der Waals surface area contributed by atoms with Crippen molar-refractivity contribution in [3.05, 3.63) is 0 Å². The zero-order valence-electron chi connectivity index (χ0n) is 11.0. The Morgan fingerprint density at radius 3 is 2.50 bits per heavy atom. The second kappa shape index (κ2) is 4.72. The molecule has 0 saturated carbocycles. The maximum atomic E-state index is 10.8. The van der Waals surface area contributed by atoms with Crippen molar-refractivity contribution < 1.29 is 9.90 Å². The highest BCUT2D eigenvalue weighted by Crippen LogP contribution is 2.26. The van der Waals surface area contributed by atoms with Crippen molar-refractivity contribution in [1.29, 1.82) is 0 Å². The Balaban J connectivity index is 2.76. The summed E-state index contributed by atoms with van der Waals surface area (Å²) in [5, 5.41) is 8.89. The predicted octanol–water partition coefficient (Wildman–Crippen LogP) is 1.26. The van der Waals surface area contributed by atoms with E-state index in [2.05, 4.69) is 37.5 Å². The molecule has 0 amide bonds. The first-order valence-corrected chi connectivity index (χ1v) is 5.93. The highest BCUT2D eigenvalue weighted by molar-refractivity contribution is 5.67. The Kier molecular flexibility index (Phi) is 3.97.